The maximum Gasteiger partial charge on any atom is 0.230 e. The molecule has 0 spiro atoms. The Labute approximate surface area is 164 Å². The van der Waals surface area contributed by atoms with E-state index in [1.54, 1.807) is 15.9 Å². The molecule has 1 N–H and O–H groups in total. The summed E-state index contributed by atoms with van der Waals surface area (Å²) in [5, 5.41) is 15.3. The van der Waals surface area contributed by atoms with Gasteiger partial charge < -0.3 is 5.11 Å². The number of aryl methyl sites for hydroxylation is 1. The van der Waals surface area contributed by atoms with Crippen molar-refractivity contribution in [2.24, 2.45) is 5.92 Å². The maximum absolute atomic E-state index is 10.9. The molecule has 3 heterocycles. The summed E-state index contributed by atoms with van der Waals surface area (Å²) in [5.74, 6) is 2.10. The number of rotatable bonds is 4. The Morgan fingerprint density at radius 2 is 1.89 bits per heavy atom. The number of benzene rings is 1. The van der Waals surface area contributed by atoms with Crippen LogP contribution in [0.1, 0.15) is 67.4 Å². The van der Waals surface area contributed by atoms with E-state index in [2.05, 4.69) is 60.0 Å². The molecule has 2 atom stereocenters. The van der Waals surface area contributed by atoms with E-state index < -0.39 is 0 Å². The second kappa shape index (κ2) is 7.24. The van der Waals surface area contributed by atoms with Crippen LogP contribution < -0.4 is 0 Å². The zero-order valence-electron chi connectivity index (χ0n) is 16.5. The first-order chi connectivity index (χ1) is 12.9. The van der Waals surface area contributed by atoms with Gasteiger partial charge in [-0.1, -0.05) is 56.4 Å². The molecule has 1 aliphatic rings. The predicted molar refractivity (Wildman–Crippen MR) is 110 cm³/mol. The third kappa shape index (κ3) is 3.48. The molecule has 0 aliphatic carbocycles. The first-order valence-electron chi connectivity index (χ1n) is 9.83. The molecule has 0 amide bonds. The minimum absolute atomic E-state index is 0.0442. The van der Waals surface area contributed by atoms with Crippen LogP contribution in [0.2, 0.25) is 0 Å². The fourth-order valence-corrected chi connectivity index (χ4v) is 5.24. The van der Waals surface area contributed by atoms with Gasteiger partial charge in [-0.15, -0.1) is 5.10 Å². The summed E-state index contributed by atoms with van der Waals surface area (Å²) in [6, 6.07) is 8.93. The Morgan fingerprint density at radius 1 is 1.19 bits per heavy atom. The topological polar surface area (TPSA) is 53.7 Å². The molecule has 5 nitrogen and oxygen atoms in total. The smallest absolute Gasteiger partial charge is 0.230 e. The number of piperidine rings is 1. The van der Waals surface area contributed by atoms with Gasteiger partial charge in [-0.3, -0.25) is 4.90 Å². The zero-order chi connectivity index (χ0) is 19.1. The van der Waals surface area contributed by atoms with Crippen LogP contribution in [0.25, 0.3) is 4.96 Å². The highest BCUT2D eigenvalue weighted by Gasteiger charge is 2.31. The fourth-order valence-electron chi connectivity index (χ4n) is 4.08. The Bertz CT molecular complexity index is 928. The number of aromatic hydroxyl groups is 1. The summed E-state index contributed by atoms with van der Waals surface area (Å²) < 4.78 is 1.58. The van der Waals surface area contributed by atoms with E-state index in [4.69, 9.17) is 0 Å². The molecule has 4 rings (SSSR count). The highest BCUT2D eigenvalue weighted by atomic mass is 32.1. The molecule has 6 heteroatoms. The Balaban J connectivity index is 1.79. The predicted octanol–water partition coefficient (Wildman–Crippen LogP) is 4.75. The second-order valence-corrected chi connectivity index (χ2v) is 9.12. The fraction of sp³-hybridized carbons (Fsp3) is 0.524. The summed E-state index contributed by atoms with van der Waals surface area (Å²) in [6.07, 6.45) is 2.47. The average Bonchev–Trinajstić information content (AvgIpc) is 3.14. The molecular weight excluding hydrogens is 356 g/mol. The summed E-state index contributed by atoms with van der Waals surface area (Å²) in [7, 11) is 0. The van der Waals surface area contributed by atoms with Gasteiger partial charge in [0.1, 0.15) is 5.82 Å². The minimum atomic E-state index is 0.0442. The number of hydrogen-bond acceptors (Lipinski definition) is 5. The van der Waals surface area contributed by atoms with Crippen molar-refractivity contribution in [1.82, 2.24) is 19.5 Å². The molecule has 27 heavy (non-hydrogen) atoms. The number of fused-ring (bicyclic) bond motifs is 1. The molecular formula is C21H28N4OS. The van der Waals surface area contributed by atoms with Crippen LogP contribution in [0.4, 0.5) is 0 Å². The molecule has 1 saturated heterocycles. The Kier molecular flexibility index (Phi) is 4.95. The number of aromatic nitrogens is 3. The van der Waals surface area contributed by atoms with Crippen molar-refractivity contribution in [3.63, 3.8) is 0 Å². The number of nitrogens with zero attached hydrogens (tertiary/aromatic N) is 4. The molecule has 0 saturated carbocycles. The van der Waals surface area contributed by atoms with Crippen molar-refractivity contribution >= 4 is 16.3 Å². The molecule has 0 unspecified atom stereocenters. The third-order valence-electron chi connectivity index (χ3n) is 5.53. The van der Waals surface area contributed by atoms with Crippen LogP contribution in [0.3, 0.4) is 0 Å². The number of thiazole rings is 1. The highest BCUT2D eigenvalue weighted by Crippen LogP contribution is 2.41. The molecule has 0 radical (unpaired) electrons. The van der Waals surface area contributed by atoms with Crippen LogP contribution in [-0.2, 0) is 0 Å². The van der Waals surface area contributed by atoms with Gasteiger partial charge in [0, 0.05) is 6.54 Å². The summed E-state index contributed by atoms with van der Waals surface area (Å²) in [5.41, 5.74) is 2.57. The van der Waals surface area contributed by atoms with E-state index in [-0.39, 0.29) is 11.9 Å². The maximum atomic E-state index is 10.9. The van der Waals surface area contributed by atoms with Crippen molar-refractivity contribution in [3.8, 4) is 5.88 Å². The van der Waals surface area contributed by atoms with Gasteiger partial charge in [0.15, 0.2) is 0 Å². The van der Waals surface area contributed by atoms with E-state index in [1.807, 2.05) is 6.92 Å². The molecule has 1 aliphatic heterocycles. The van der Waals surface area contributed by atoms with Gasteiger partial charge in [0.2, 0.25) is 10.8 Å². The van der Waals surface area contributed by atoms with E-state index in [0.29, 0.717) is 17.7 Å². The lowest BCUT2D eigenvalue weighted by molar-refractivity contribution is 0.149. The Morgan fingerprint density at radius 3 is 2.52 bits per heavy atom. The van der Waals surface area contributed by atoms with Crippen molar-refractivity contribution in [2.75, 3.05) is 13.1 Å². The standard InChI is InChI=1S/C21H28N4OS/c1-13(2)16-7-9-17(10-8-16)18(24-11-5-6-14(3)12-24)19-20(26)25-21(27-19)22-15(4)23-25/h7-10,13-14,18,26H,5-6,11-12H2,1-4H3/t14-,18+/m1/s1. The normalized spacial score (nSPS) is 19.8. The SMILES string of the molecule is Cc1nc2sc([C@H](c3ccc(C(C)C)cc3)N3CCC[C@@H](C)C3)c(O)n2n1. The van der Waals surface area contributed by atoms with Crippen molar-refractivity contribution < 1.29 is 5.11 Å². The highest BCUT2D eigenvalue weighted by molar-refractivity contribution is 7.17. The molecule has 3 aromatic rings. The van der Waals surface area contributed by atoms with Crippen molar-refractivity contribution in [3.05, 3.63) is 46.1 Å². The quantitative estimate of drug-likeness (QED) is 0.705. The van der Waals surface area contributed by atoms with E-state index in [9.17, 15) is 5.11 Å². The Hall–Kier alpha value is -1.92. The molecule has 1 aromatic carbocycles. The zero-order valence-corrected chi connectivity index (χ0v) is 17.3. The van der Waals surface area contributed by atoms with Gasteiger partial charge in [-0.25, -0.2) is 4.98 Å². The van der Waals surface area contributed by atoms with Crippen molar-refractivity contribution in [2.45, 2.75) is 52.5 Å². The first kappa shape index (κ1) is 18.4. The van der Waals surface area contributed by atoms with Crippen LogP contribution >= 0.6 is 11.3 Å². The average molecular weight is 385 g/mol. The minimum Gasteiger partial charge on any atom is -0.492 e. The first-order valence-corrected chi connectivity index (χ1v) is 10.6. The number of likely N-dealkylation sites (tertiary alicyclic amines) is 1. The van der Waals surface area contributed by atoms with Crippen molar-refractivity contribution in [1.29, 1.82) is 0 Å². The summed E-state index contributed by atoms with van der Waals surface area (Å²) in [4.78, 5) is 8.67. The summed E-state index contributed by atoms with van der Waals surface area (Å²) >= 11 is 1.55. The second-order valence-electron chi connectivity index (χ2n) is 8.11. The van der Waals surface area contributed by atoms with E-state index in [1.165, 1.54) is 24.0 Å². The van der Waals surface area contributed by atoms with Crippen LogP contribution in [-0.4, -0.2) is 37.7 Å². The van der Waals surface area contributed by atoms with Crippen LogP contribution in [0.5, 0.6) is 5.88 Å². The van der Waals surface area contributed by atoms with Gasteiger partial charge in [-0.05, 0) is 49.3 Å². The molecule has 2 aromatic heterocycles. The summed E-state index contributed by atoms with van der Waals surface area (Å²) in [6.45, 7) is 10.7. The molecule has 1 fully saturated rings. The lowest BCUT2D eigenvalue weighted by Crippen LogP contribution is -2.37. The monoisotopic (exact) mass is 384 g/mol. The lowest BCUT2D eigenvalue weighted by Gasteiger charge is -2.37. The van der Waals surface area contributed by atoms with E-state index >= 15 is 0 Å². The van der Waals surface area contributed by atoms with Gasteiger partial charge in [0.05, 0.1) is 10.9 Å². The third-order valence-corrected chi connectivity index (χ3v) is 6.60. The van der Waals surface area contributed by atoms with Crippen LogP contribution in [0.15, 0.2) is 24.3 Å². The number of hydrogen-bond donors (Lipinski definition) is 1. The van der Waals surface area contributed by atoms with E-state index in [0.717, 1.165) is 22.9 Å². The lowest BCUT2D eigenvalue weighted by atomic mass is 9.94. The van der Waals surface area contributed by atoms with Gasteiger partial charge >= 0.3 is 0 Å². The largest absolute Gasteiger partial charge is 0.492 e. The molecule has 144 valence electrons. The van der Waals surface area contributed by atoms with Gasteiger partial charge in [-0.2, -0.15) is 4.52 Å². The van der Waals surface area contributed by atoms with Gasteiger partial charge in [0.25, 0.3) is 0 Å². The van der Waals surface area contributed by atoms with Crippen LogP contribution in [0, 0.1) is 12.8 Å². The molecule has 0 bridgehead atoms.